The minimum Gasteiger partial charge on any atom is -0.494 e. The lowest BCUT2D eigenvalue weighted by Gasteiger charge is -2.11. The van der Waals surface area contributed by atoms with Crippen molar-refractivity contribution in [1.82, 2.24) is 29.1 Å². The number of halogens is 4. The topological polar surface area (TPSA) is 278 Å². The molecule has 6 N–H and O–H groups in total. The molecule has 0 aliphatic carbocycles. The molecule has 0 aliphatic rings. The van der Waals surface area contributed by atoms with Gasteiger partial charge < -0.3 is 33.6 Å². The van der Waals surface area contributed by atoms with E-state index < -0.39 is 47.8 Å². The van der Waals surface area contributed by atoms with Crippen LogP contribution in [0, 0.1) is 48.5 Å². The van der Waals surface area contributed by atoms with Crippen LogP contribution < -0.4 is 28.4 Å². The van der Waals surface area contributed by atoms with Crippen molar-refractivity contribution in [3.05, 3.63) is 256 Å². The first kappa shape index (κ1) is 78.3. The van der Waals surface area contributed by atoms with E-state index in [9.17, 15) is 39.6 Å². The number of para-hydroxylation sites is 3. The van der Waals surface area contributed by atoms with E-state index in [1.165, 1.54) is 12.1 Å². The zero-order valence-electron chi connectivity index (χ0n) is 59.0. The van der Waals surface area contributed by atoms with Crippen LogP contribution in [0.4, 0.5) is 0 Å². The average molecular weight is 1600 g/mol. The molecule has 0 fully saturated rings. The summed E-state index contributed by atoms with van der Waals surface area (Å²) in [6.07, 6.45) is 6.88. The van der Waals surface area contributed by atoms with Crippen LogP contribution in [-0.2, 0) is 49.3 Å². The maximum atomic E-state index is 13.4. The Morgan fingerprint density at radius 3 is 1.19 bits per heavy atom. The summed E-state index contributed by atoms with van der Waals surface area (Å²) >= 11 is 22.2. The number of fused-ring (bicyclic) bond motifs is 3. The molecule has 8 aromatic carbocycles. The molecule has 0 unspecified atom stereocenters. The Morgan fingerprint density at radius 1 is 0.419 bits per heavy atom. The molecule has 4 heterocycles. The number of benzene rings is 8. The predicted octanol–water partition coefficient (Wildman–Crippen LogP) is 17.8. The van der Waals surface area contributed by atoms with E-state index in [4.69, 9.17) is 53.4 Å². The first-order valence-electron chi connectivity index (χ1n) is 33.4. The lowest BCUT2D eigenvalue weighted by molar-refractivity contribution is 0.0967. The number of nitrogens with one attached hydrogen (secondary N) is 6. The van der Waals surface area contributed by atoms with Crippen LogP contribution >= 0.6 is 50.7 Å². The molecular weight excluding hydrogens is 1520 g/mol. The van der Waals surface area contributed by atoms with Gasteiger partial charge in [-0.3, -0.25) is 14.4 Å². The zero-order chi connectivity index (χ0) is 75.7. The molecule has 26 heteroatoms. The van der Waals surface area contributed by atoms with Crippen LogP contribution in [-0.4, -0.2) is 90.3 Å². The van der Waals surface area contributed by atoms with Crippen LogP contribution in [0.2, 0.25) is 15.1 Å². The molecule has 12 rings (SSSR count). The van der Waals surface area contributed by atoms with Crippen LogP contribution in [0.5, 0.6) is 17.2 Å². The third kappa shape index (κ3) is 19.4. The molecule has 0 radical (unpaired) electrons. The third-order valence-electron chi connectivity index (χ3n) is 17.3. The van der Waals surface area contributed by atoms with Gasteiger partial charge in [-0.2, -0.15) is 0 Å². The smallest absolute Gasteiger partial charge is 0.281 e. The number of hydrogen-bond donors (Lipinski definition) is 6. The number of aromatic amines is 3. The highest BCUT2D eigenvalue weighted by molar-refractivity contribution is 9.10. The SMILES string of the molecule is Cc1cc(OCCCc2c(C(=O)NS(=O)(=O)c3ccccc3)[nH]c3c(-c4ccco4)cccc23)cc(C)c1Cl.Cc1cc(OCCCc2c(C(=O)NS(C)(=O)=O)[nH]c3c(Br)cccc23)cc(C)c1Cl.Cc1ccccc1-c1cccc2c(CCCOc3cc(C)c(Cl)c(C)c3)c(C(=O)NS(C)(=O)=O)[nH]c12. The number of aromatic nitrogens is 3. The minimum atomic E-state index is -4.06. The standard InChI is InChI=1S/C30H27ClN2O5S.C28H29ClN2O4S.C21H22BrClN2O4S/c1-19-17-21(18-20(2)27(19)31)37-15-7-13-24-23-11-6-12-25(26-14-8-16-38-26)28(23)32-29(24)30(34)33-39(35,36)22-9-4-3-5-10-22;1-17-9-5-6-10-21(17)22-11-7-12-23-24(27(30-26(22)23)28(32)31-36(4,33)34)13-8-14-35-20-15-18(2)25(29)19(3)16-20;1-12-10-14(11-13(2)18(12)23)29-9-5-7-16-15-6-4-8-17(22)19(15)24-20(16)21(26)25-30(3,27)28/h3-6,8-12,14,16-18,32H,7,13,15H2,1-2H3,(H,33,34);5-7,9-12,15-16,30H,8,13-14H2,1-4H3,(H,31,32);4,6,8,10-11,24H,5,7,9H2,1-3H3,(H,25,26). The molecular formula is C79H78BrCl3N6O13S3. The molecule has 0 atom stereocenters. The normalized spacial score (nSPS) is 11.6. The van der Waals surface area contributed by atoms with Gasteiger partial charge in [-0.1, -0.05) is 120 Å². The number of aryl methyl sites for hydroxylation is 10. The highest BCUT2D eigenvalue weighted by Crippen LogP contribution is 2.38. The molecule has 548 valence electrons. The number of carbonyl (C=O) groups excluding carboxylic acids is 3. The Kier molecular flexibility index (Phi) is 25.2. The molecule has 3 amide bonds. The predicted molar refractivity (Wildman–Crippen MR) is 420 cm³/mol. The van der Waals surface area contributed by atoms with Crippen LogP contribution in [0.25, 0.3) is 55.2 Å². The number of ether oxygens (including phenoxy) is 3. The van der Waals surface area contributed by atoms with Crippen molar-refractivity contribution >= 4 is 131 Å². The Bertz CT molecular complexity index is 5540. The number of H-pyrrole nitrogens is 3. The summed E-state index contributed by atoms with van der Waals surface area (Å²) in [5.74, 6) is 0.746. The quantitative estimate of drug-likeness (QED) is 0.0307. The van der Waals surface area contributed by atoms with E-state index in [2.05, 4.69) is 40.3 Å². The Morgan fingerprint density at radius 2 is 0.781 bits per heavy atom. The second-order valence-corrected chi connectivity index (χ2v) is 32.6. The number of sulfonamides is 3. The number of rotatable bonds is 24. The zero-order valence-corrected chi connectivity index (χ0v) is 65.3. The minimum absolute atomic E-state index is 0.00855. The van der Waals surface area contributed by atoms with Gasteiger partial charge in [0.25, 0.3) is 27.7 Å². The molecule has 0 aliphatic heterocycles. The summed E-state index contributed by atoms with van der Waals surface area (Å²) in [5, 5.41) is 4.73. The van der Waals surface area contributed by atoms with Gasteiger partial charge in [-0.15, -0.1) is 0 Å². The molecule has 105 heavy (non-hydrogen) atoms. The molecule has 0 spiro atoms. The number of furan rings is 1. The second kappa shape index (κ2) is 33.8. The second-order valence-electron chi connectivity index (χ2n) is 25.5. The van der Waals surface area contributed by atoms with Crippen molar-refractivity contribution in [2.45, 2.75) is 91.9 Å². The van der Waals surface area contributed by atoms with Gasteiger partial charge in [0.2, 0.25) is 20.0 Å². The van der Waals surface area contributed by atoms with E-state index in [0.717, 1.165) is 143 Å². The van der Waals surface area contributed by atoms with E-state index in [1.54, 1.807) is 30.5 Å². The van der Waals surface area contributed by atoms with Gasteiger partial charge in [-0.25, -0.2) is 39.4 Å². The monoisotopic (exact) mass is 1600 g/mol. The Labute approximate surface area is 634 Å². The van der Waals surface area contributed by atoms with E-state index >= 15 is 0 Å². The van der Waals surface area contributed by atoms with E-state index in [0.29, 0.717) is 75.2 Å². The van der Waals surface area contributed by atoms with Crippen molar-refractivity contribution in [2.24, 2.45) is 0 Å². The van der Waals surface area contributed by atoms with Gasteiger partial charge in [0.1, 0.15) is 40.1 Å². The Hall–Kier alpha value is -9.33. The highest BCUT2D eigenvalue weighted by atomic mass is 79.9. The summed E-state index contributed by atoms with van der Waals surface area (Å²) < 4.78 is 103. The molecule has 19 nitrogen and oxygen atoms in total. The lowest BCUT2D eigenvalue weighted by atomic mass is 9.97. The van der Waals surface area contributed by atoms with Crippen LogP contribution in [0.1, 0.15) is 106 Å². The summed E-state index contributed by atoms with van der Waals surface area (Å²) in [7, 11) is -11.5. The largest absolute Gasteiger partial charge is 0.494 e. The van der Waals surface area contributed by atoms with Gasteiger partial charge in [0.15, 0.2) is 0 Å². The lowest BCUT2D eigenvalue weighted by Crippen LogP contribution is -2.31. The van der Waals surface area contributed by atoms with Crippen LogP contribution in [0.15, 0.2) is 178 Å². The molecule has 4 aromatic heterocycles. The summed E-state index contributed by atoms with van der Waals surface area (Å²) in [6, 6.07) is 48.0. The summed E-state index contributed by atoms with van der Waals surface area (Å²) in [6.45, 7) is 14.9. The third-order valence-corrected chi connectivity index (χ3v) is 22.2. The first-order chi connectivity index (χ1) is 49.9. The van der Waals surface area contributed by atoms with E-state index in [1.807, 2.05) is 175 Å². The van der Waals surface area contributed by atoms with Crippen molar-refractivity contribution in [3.63, 3.8) is 0 Å². The Balaban J connectivity index is 0.000000170. The molecule has 12 aromatic rings. The van der Waals surface area contributed by atoms with Crippen molar-refractivity contribution < 1.29 is 58.3 Å². The van der Waals surface area contributed by atoms with Crippen molar-refractivity contribution in [2.75, 3.05) is 32.3 Å². The average Bonchev–Trinajstić information content (AvgIpc) is 1.63. The van der Waals surface area contributed by atoms with Gasteiger partial charge in [0.05, 0.1) is 60.0 Å². The number of hydrogen-bond acceptors (Lipinski definition) is 13. The van der Waals surface area contributed by atoms with Gasteiger partial charge >= 0.3 is 0 Å². The maximum absolute atomic E-state index is 13.4. The summed E-state index contributed by atoms with van der Waals surface area (Å²) in [4.78, 5) is 48.4. The highest BCUT2D eigenvalue weighted by Gasteiger charge is 2.27. The fourth-order valence-corrected chi connectivity index (χ4v) is 15.1. The van der Waals surface area contributed by atoms with Crippen molar-refractivity contribution in [3.8, 4) is 39.7 Å². The van der Waals surface area contributed by atoms with Gasteiger partial charge in [-0.05, 0) is 237 Å². The number of amides is 3. The summed E-state index contributed by atoms with van der Waals surface area (Å²) in [5.41, 5.74) is 14.7. The fraction of sp³-hybridized carbons (Fsp3) is 0.228. The fourth-order valence-electron chi connectivity index (χ4n) is 12.4. The van der Waals surface area contributed by atoms with E-state index in [-0.39, 0.29) is 22.0 Å². The number of carbonyl (C=O) groups is 3. The van der Waals surface area contributed by atoms with Crippen LogP contribution in [0.3, 0.4) is 0 Å². The van der Waals surface area contributed by atoms with Crippen molar-refractivity contribution in [1.29, 1.82) is 0 Å². The van der Waals surface area contributed by atoms with Gasteiger partial charge in [0, 0.05) is 46.8 Å². The molecule has 0 saturated heterocycles. The molecule has 0 saturated carbocycles. The first-order valence-corrected chi connectivity index (χ1v) is 40.6. The maximum Gasteiger partial charge on any atom is 0.281 e. The molecule has 0 bridgehead atoms.